The fourth-order valence-corrected chi connectivity index (χ4v) is 2.83. The third-order valence-electron chi connectivity index (χ3n) is 2.30. The molecule has 5 nitrogen and oxygen atoms in total. The SMILES string of the molecule is C=C(Br)CNS(=O)(=O)c1cc(N)c(C)cc1OC. The van der Waals surface area contributed by atoms with Crippen molar-refractivity contribution in [1.82, 2.24) is 4.72 Å². The Morgan fingerprint density at radius 1 is 1.56 bits per heavy atom. The minimum atomic E-state index is -3.68. The first-order chi connectivity index (χ1) is 8.27. The van der Waals surface area contributed by atoms with Crippen molar-refractivity contribution in [2.75, 3.05) is 19.4 Å². The lowest BCUT2D eigenvalue weighted by atomic mass is 10.2. The van der Waals surface area contributed by atoms with E-state index in [2.05, 4.69) is 27.2 Å². The van der Waals surface area contributed by atoms with Gasteiger partial charge in [-0.1, -0.05) is 22.5 Å². The number of anilines is 1. The average Bonchev–Trinajstić information content (AvgIpc) is 2.29. The predicted molar refractivity (Wildman–Crippen MR) is 75.4 cm³/mol. The van der Waals surface area contributed by atoms with Gasteiger partial charge in [-0.3, -0.25) is 0 Å². The van der Waals surface area contributed by atoms with Crippen LogP contribution in [0.1, 0.15) is 5.56 Å². The molecule has 7 heteroatoms. The molecule has 0 atom stereocenters. The standard InChI is InChI=1S/C11H15BrN2O3S/c1-7-4-10(17-3)11(5-9(7)13)18(15,16)14-6-8(2)12/h4-5,14H,2,6,13H2,1,3H3. The van der Waals surface area contributed by atoms with Crippen LogP contribution in [0.3, 0.4) is 0 Å². The molecule has 0 aliphatic rings. The summed E-state index contributed by atoms with van der Waals surface area (Å²) in [5, 5.41) is 0. The average molecular weight is 335 g/mol. The van der Waals surface area contributed by atoms with Crippen LogP contribution in [0.2, 0.25) is 0 Å². The zero-order valence-electron chi connectivity index (χ0n) is 10.2. The van der Waals surface area contributed by atoms with Gasteiger partial charge in [-0.2, -0.15) is 0 Å². The second-order valence-corrected chi connectivity index (χ2v) is 6.56. The van der Waals surface area contributed by atoms with Crippen LogP contribution < -0.4 is 15.2 Å². The minimum Gasteiger partial charge on any atom is -0.495 e. The van der Waals surface area contributed by atoms with Gasteiger partial charge in [0.15, 0.2) is 0 Å². The highest BCUT2D eigenvalue weighted by Crippen LogP contribution is 2.28. The molecular weight excluding hydrogens is 320 g/mol. The number of nitrogens with one attached hydrogen (secondary N) is 1. The lowest BCUT2D eigenvalue weighted by Gasteiger charge is -2.12. The Morgan fingerprint density at radius 3 is 2.67 bits per heavy atom. The van der Waals surface area contributed by atoms with E-state index in [1.54, 1.807) is 13.0 Å². The molecule has 18 heavy (non-hydrogen) atoms. The topological polar surface area (TPSA) is 81.4 Å². The molecule has 0 saturated carbocycles. The fourth-order valence-electron chi connectivity index (χ4n) is 1.30. The maximum Gasteiger partial charge on any atom is 0.244 e. The number of hydrogen-bond acceptors (Lipinski definition) is 4. The quantitative estimate of drug-likeness (QED) is 0.804. The van der Waals surface area contributed by atoms with E-state index >= 15 is 0 Å². The first-order valence-electron chi connectivity index (χ1n) is 5.05. The summed E-state index contributed by atoms with van der Waals surface area (Å²) in [6.45, 7) is 5.44. The maximum absolute atomic E-state index is 12.1. The number of benzene rings is 1. The summed E-state index contributed by atoms with van der Waals surface area (Å²) in [4.78, 5) is 0.0156. The van der Waals surface area contributed by atoms with Gasteiger partial charge in [0.2, 0.25) is 10.0 Å². The van der Waals surface area contributed by atoms with Crippen molar-refractivity contribution in [3.05, 3.63) is 28.8 Å². The Balaban J connectivity index is 3.23. The van der Waals surface area contributed by atoms with Crippen LogP contribution in [-0.2, 0) is 10.0 Å². The molecule has 0 aliphatic heterocycles. The van der Waals surface area contributed by atoms with Gasteiger partial charge in [0, 0.05) is 16.7 Å². The monoisotopic (exact) mass is 334 g/mol. The van der Waals surface area contributed by atoms with E-state index < -0.39 is 10.0 Å². The van der Waals surface area contributed by atoms with Gasteiger partial charge in [-0.25, -0.2) is 13.1 Å². The molecule has 0 unspecified atom stereocenters. The molecular formula is C11H15BrN2O3S. The number of methoxy groups -OCH3 is 1. The van der Waals surface area contributed by atoms with Crippen molar-refractivity contribution in [2.45, 2.75) is 11.8 Å². The molecule has 3 N–H and O–H groups in total. The first kappa shape index (κ1) is 15.0. The fraction of sp³-hybridized carbons (Fsp3) is 0.273. The molecule has 0 saturated heterocycles. The Kier molecular flexibility index (Phi) is 4.78. The summed E-state index contributed by atoms with van der Waals surface area (Å²) in [7, 11) is -2.27. The van der Waals surface area contributed by atoms with Gasteiger partial charge in [0.1, 0.15) is 10.6 Å². The third kappa shape index (κ3) is 3.47. The summed E-state index contributed by atoms with van der Waals surface area (Å²) in [6.07, 6.45) is 0. The summed E-state index contributed by atoms with van der Waals surface area (Å²) >= 11 is 3.08. The third-order valence-corrected chi connectivity index (χ3v) is 4.00. The molecule has 0 aliphatic carbocycles. The largest absolute Gasteiger partial charge is 0.495 e. The highest BCUT2D eigenvalue weighted by Gasteiger charge is 2.20. The summed E-state index contributed by atoms with van der Waals surface area (Å²) < 4.78 is 32.1. The molecule has 1 rings (SSSR count). The Hall–Kier alpha value is -1.05. The van der Waals surface area contributed by atoms with Gasteiger partial charge in [-0.15, -0.1) is 0 Å². The first-order valence-corrected chi connectivity index (χ1v) is 7.32. The van der Waals surface area contributed by atoms with Crippen molar-refractivity contribution in [1.29, 1.82) is 0 Å². The van der Waals surface area contributed by atoms with Crippen LogP contribution in [0, 0.1) is 6.92 Å². The summed E-state index contributed by atoms with van der Waals surface area (Å²) in [5.74, 6) is 0.259. The number of nitrogens with two attached hydrogens (primary N) is 1. The van der Waals surface area contributed by atoms with E-state index in [-0.39, 0.29) is 17.2 Å². The van der Waals surface area contributed by atoms with Gasteiger partial charge < -0.3 is 10.5 Å². The van der Waals surface area contributed by atoms with Crippen LogP contribution in [0.5, 0.6) is 5.75 Å². The number of aryl methyl sites for hydroxylation is 1. The Morgan fingerprint density at radius 2 is 2.17 bits per heavy atom. The summed E-state index contributed by atoms with van der Waals surface area (Å²) in [5.41, 5.74) is 6.88. The molecule has 0 bridgehead atoms. The normalized spacial score (nSPS) is 11.3. The zero-order chi connectivity index (χ0) is 13.9. The second-order valence-electron chi connectivity index (χ2n) is 3.70. The molecule has 1 aromatic carbocycles. The molecule has 0 radical (unpaired) electrons. The van der Waals surface area contributed by atoms with E-state index in [1.165, 1.54) is 13.2 Å². The molecule has 0 spiro atoms. The van der Waals surface area contributed by atoms with E-state index in [9.17, 15) is 8.42 Å². The van der Waals surface area contributed by atoms with Crippen LogP contribution >= 0.6 is 15.9 Å². The van der Waals surface area contributed by atoms with Crippen molar-refractivity contribution in [3.63, 3.8) is 0 Å². The highest BCUT2D eigenvalue weighted by molar-refractivity contribution is 9.11. The second kappa shape index (κ2) is 5.73. The number of nitrogen functional groups attached to an aromatic ring is 1. The van der Waals surface area contributed by atoms with Crippen molar-refractivity contribution < 1.29 is 13.2 Å². The molecule has 100 valence electrons. The maximum atomic E-state index is 12.1. The smallest absolute Gasteiger partial charge is 0.244 e. The van der Waals surface area contributed by atoms with Gasteiger partial charge >= 0.3 is 0 Å². The number of hydrogen-bond donors (Lipinski definition) is 2. The van der Waals surface area contributed by atoms with Gasteiger partial charge in [0.05, 0.1) is 7.11 Å². The lowest BCUT2D eigenvalue weighted by Crippen LogP contribution is -2.25. The molecule has 0 aromatic heterocycles. The number of ether oxygens (including phenoxy) is 1. The zero-order valence-corrected chi connectivity index (χ0v) is 12.6. The Bertz CT molecular complexity index is 570. The molecule has 0 heterocycles. The summed E-state index contributed by atoms with van der Waals surface area (Å²) in [6, 6.07) is 2.97. The van der Waals surface area contributed by atoms with Crippen LogP contribution in [-0.4, -0.2) is 22.1 Å². The molecule has 0 fully saturated rings. The van der Waals surface area contributed by atoms with Crippen LogP contribution in [0.4, 0.5) is 5.69 Å². The van der Waals surface area contributed by atoms with E-state index in [1.807, 2.05) is 0 Å². The predicted octanol–water partition coefficient (Wildman–Crippen LogP) is 1.77. The van der Waals surface area contributed by atoms with Crippen molar-refractivity contribution in [3.8, 4) is 5.75 Å². The molecule has 1 aromatic rings. The number of rotatable bonds is 5. The van der Waals surface area contributed by atoms with Crippen molar-refractivity contribution >= 4 is 31.6 Å². The number of sulfonamides is 1. The lowest BCUT2D eigenvalue weighted by molar-refractivity contribution is 0.402. The van der Waals surface area contributed by atoms with E-state index in [4.69, 9.17) is 10.5 Å². The van der Waals surface area contributed by atoms with Crippen LogP contribution in [0.15, 0.2) is 28.1 Å². The molecule has 0 amide bonds. The minimum absolute atomic E-state index is 0.0156. The van der Waals surface area contributed by atoms with Crippen LogP contribution in [0.25, 0.3) is 0 Å². The number of halogens is 1. The van der Waals surface area contributed by atoms with Gasteiger partial charge in [0.25, 0.3) is 0 Å². The van der Waals surface area contributed by atoms with E-state index in [0.717, 1.165) is 5.56 Å². The highest BCUT2D eigenvalue weighted by atomic mass is 79.9. The van der Waals surface area contributed by atoms with Crippen molar-refractivity contribution in [2.24, 2.45) is 0 Å². The van der Waals surface area contributed by atoms with E-state index in [0.29, 0.717) is 10.2 Å². The Labute approximate surface area is 115 Å². The van der Waals surface area contributed by atoms with Gasteiger partial charge in [-0.05, 0) is 24.6 Å².